The van der Waals surface area contributed by atoms with Gasteiger partial charge in [0.05, 0.1) is 33.8 Å². The second-order valence-electron chi connectivity index (χ2n) is 19.8. The minimum Gasteiger partial charge on any atom is -0.456 e. The van der Waals surface area contributed by atoms with Crippen molar-refractivity contribution in [3.63, 3.8) is 0 Å². The van der Waals surface area contributed by atoms with E-state index in [2.05, 4.69) is 50.4 Å². The lowest BCUT2D eigenvalue weighted by molar-refractivity contribution is -0.870. The number of carbonyl (C=O) groups is 2. The number of carbonyl (C=O) groups excluding carboxylic acids is 2. The number of unbranched alkanes of at least 4 members (excludes halogenated alkanes) is 29. The van der Waals surface area contributed by atoms with Gasteiger partial charge in [-0.2, -0.15) is 0 Å². The predicted molar refractivity (Wildman–Crippen MR) is 277 cm³/mol. The highest BCUT2D eigenvalue weighted by molar-refractivity contribution is 7.47. The van der Waals surface area contributed by atoms with E-state index in [0.29, 0.717) is 23.9 Å². The van der Waals surface area contributed by atoms with Gasteiger partial charge in [0.25, 0.3) is 0 Å². The average molecular weight is 938 g/mol. The van der Waals surface area contributed by atoms with Crippen LogP contribution in [0.25, 0.3) is 0 Å². The number of nitrogens with one attached hydrogen (secondary N) is 1. The molecular formula is C55H106N2O7P+. The lowest BCUT2D eigenvalue weighted by Crippen LogP contribution is -2.47. The standard InChI is InChI=1S/C55H105N2O7P/c1-7-10-13-16-19-22-25-26-27-28-29-30-33-35-38-41-44-47-54(58)56-52(51-63-65(60,61)62-50-49-57(4,5)6)53(46-43-40-37-34-31-23-20-17-14-11-8-2)64-55(59)48-45-42-39-36-32-24-21-18-15-12-9-3/h19,22,26-27,43,46,52-53H,7-18,20-21,23-25,28-42,44-45,47-51H2,1-6H3,(H-,56,58,60,61)/p+1/b22-19-,27-26-,46-43-. The summed E-state index contributed by atoms with van der Waals surface area (Å²) >= 11 is 0. The molecule has 3 atom stereocenters. The first-order valence-corrected chi connectivity index (χ1v) is 28.8. The number of rotatable bonds is 49. The van der Waals surface area contributed by atoms with Gasteiger partial charge in [-0.05, 0) is 63.9 Å². The van der Waals surface area contributed by atoms with Gasteiger partial charge >= 0.3 is 13.8 Å². The molecule has 0 rings (SSSR count). The molecule has 0 saturated carbocycles. The summed E-state index contributed by atoms with van der Waals surface area (Å²) in [6.45, 7) is 6.97. The molecule has 0 saturated heterocycles. The maximum Gasteiger partial charge on any atom is 0.472 e. The first kappa shape index (κ1) is 63.2. The highest BCUT2D eigenvalue weighted by atomic mass is 31.2. The molecule has 0 bridgehead atoms. The molecule has 0 aromatic carbocycles. The molecule has 10 heteroatoms. The minimum atomic E-state index is -4.44. The van der Waals surface area contributed by atoms with Gasteiger partial charge < -0.3 is 19.4 Å². The molecule has 1 amide bonds. The van der Waals surface area contributed by atoms with Crippen LogP contribution in [0.15, 0.2) is 36.5 Å². The van der Waals surface area contributed by atoms with Gasteiger partial charge in [-0.25, -0.2) is 4.57 Å². The summed E-state index contributed by atoms with van der Waals surface area (Å²) in [6, 6.07) is -0.846. The monoisotopic (exact) mass is 938 g/mol. The molecule has 0 aliphatic rings. The molecule has 0 aromatic rings. The van der Waals surface area contributed by atoms with Crippen LogP contribution in [0, 0.1) is 0 Å². The molecule has 0 aliphatic carbocycles. The molecule has 0 aromatic heterocycles. The Labute approximate surface area is 402 Å². The molecule has 0 heterocycles. The summed E-state index contributed by atoms with van der Waals surface area (Å²) in [5.74, 6) is -0.510. The number of likely N-dealkylation sites (N-methyl/N-ethyl adjacent to an activating group) is 1. The summed E-state index contributed by atoms with van der Waals surface area (Å²) in [4.78, 5) is 37.4. The number of nitrogens with zero attached hydrogens (tertiary/aromatic N) is 1. The Bertz CT molecular complexity index is 1220. The fourth-order valence-electron chi connectivity index (χ4n) is 7.79. The van der Waals surface area contributed by atoms with E-state index < -0.39 is 20.0 Å². The number of ether oxygens (including phenoxy) is 1. The number of quaternary nitrogens is 1. The van der Waals surface area contributed by atoms with E-state index in [9.17, 15) is 19.0 Å². The van der Waals surface area contributed by atoms with Crippen molar-refractivity contribution < 1.29 is 37.3 Å². The van der Waals surface area contributed by atoms with Crippen LogP contribution in [-0.2, 0) is 27.9 Å². The molecular weight excluding hydrogens is 832 g/mol. The molecule has 0 radical (unpaired) electrons. The first-order chi connectivity index (χ1) is 31.4. The summed E-state index contributed by atoms with van der Waals surface area (Å²) in [6.07, 6.45) is 52.7. The molecule has 0 spiro atoms. The number of amides is 1. The third-order valence-electron chi connectivity index (χ3n) is 12.1. The Morgan fingerprint density at radius 3 is 1.42 bits per heavy atom. The van der Waals surface area contributed by atoms with Crippen molar-refractivity contribution in [3.05, 3.63) is 36.5 Å². The van der Waals surface area contributed by atoms with Crippen LogP contribution in [-0.4, -0.2) is 74.3 Å². The van der Waals surface area contributed by atoms with Crippen LogP contribution in [0.1, 0.15) is 252 Å². The first-order valence-electron chi connectivity index (χ1n) is 27.3. The van der Waals surface area contributed by atoms with E-state index in [-0.39, 0.29) is 25.1 Å². The highest BCUT2D eigenvalue weighted by Crippen LogP contribution is 2.43. The van der Waals surface area contributed by atoms with Crippen molar-refractivity contribution in [2.75, 3.05) is 40.9 Å². The lowest BCUT2D eigenvalue weighted by Gasteiger charge is -2.27. The second kappa shape index (κ2) is 46.0. The van der Waals surface area contributed by atoms with Gasteiger partial charge in [-0.15, -0.1) is 0 Å². The SMILES string of the molecule is CCCCC/C=C\C/C=C\CCCCCCCCCC(=O)NC(COP(=O)(O)OCC[N+](C)(C)C)C(/C=C\CCCCCCCCCCC)OC(=O)CCCCCCCCCCCCC. The zero-order chi connectivity index (χ0) is 48.0. The van der Waals surface area contributed by atoms with Crippen LogP contribution >= 0.6 is 7.82 Å². The van der Waals surface area contributed by atoms with Crippen LogP contribution < -0.4 is 5.32 Å². The van der Waals surface area contributed by atoms with E-state index in [4.69, 9.17) is 13.8 Å². The molecule has 2 N–H and O–H groups in total. The molecule has 9 nitrogen and oxygen atoms in total. The Morgan fingerprint density at radius 2 is 0.938 bits per heavy atom. The molecule has 65 heavy (non-hydrogen) atoms. The van der Waals surface area contributed by atoms with E-state index in [1.165, 1.54) is 141 Å². The van der Waals surface area contributed by atoms with Gasteiger partial charge in [0.2, 0.25) is 5.91 Å². The number of esters is 1. The van der Waals surface area contributed by atoms with Crippen molar-refractivity contribution in [3.8, 4) is 0 Å². The van der Waals surface area contributed by atoms with Crippen molar-refractivity contribution in [1.29, 1.82) is 0 Å². The zero-order valence-corrected chi connectivity index (χ0v) is 44.4. The fraction of sp³-hybridized carbons (Fsp3) is 0.855. The van der Waals surface area contributed by atoms with Crippen LogP contribution in [0.3, 0.4) is 0 Å². The van der Waals surface area contributed by atoms with E-state index >= 15 is 0 Å². The molecule has 382 valence electrons. The summed E-state index contributed by atoms with van der Waals surface area (Å²) in [5, 5.41) is 3.04. The van der Waals surface area contributed by atoms with Gasteiger partial charge in [-0.1, -0.05) is 212 Å². The second-order valence-corrected chi connectivity index (χ2v) is 21.2. The lowest BCUT2D eigenvalue weighted by atomic mass is 10.0. The average Bonchev–Trinajstić information content (AvgIpc) is 3.26. The Morgan fingerprint density at radius 1 is 0.538 bits per heavy atom. The smallest absolute Gasteiger partial charge is 0.456 e. The highest BCUT2D eigenvalue weighted by Gasteiger charge is 2.30. The van der Waals surface area contributed by atoms with Gasteiger partial charge in [0.1, 0.15) is 19.3 Å². The maximum absolute atomic E-state index is 13.4. The van der Waals surface area contributed by atoms with Gasteiger partial charge in [0, 0.05) is 12.8 Å². The third kappa shape index (κ3) is 47.1. The quantitative estimate of drug-likeness (QED) is 0.0205. The molecule has 0 fully saturated rings. The van der Waals surface area contributed by atoms with Crippen molar-refractivity contribution in [1.82, 2.24) is 5.32 Å². The van der Waals surface area contributed by atoms with Gasteiger partial charge in [-0.3, -0.25) is 18.6 Å². The van der Waals surface area contributed by atoms with E-state index in [1.54, 1.807) is 0 Å². The summed E-state index contributed by atoms with van der Waals surface area (Å²) < 4.78 is 30.5. The van der Waals surface area contributed by atoms with Crippen molar-refractivity contribution in [2.24, 2.45) is 0 Å². The predicted octanol–water partition coefficient (Wildman–Crippen LogP) is 16.0. The van der Waals surface area contributed by atoms with Crippen LogP contribution in [0.4, 0.5) is 0 Å². The number of hydrogen-bond acceptors (Lipinski definition) is 6. The topological polar surface area (TPSA) is 111 Å². The largest absolute Gasteiger partial charge is 0.472 e. The molecule has 0 aliphatic heterocycles. The fourth-order valence-corrected chi connectivity index (χ4v) is 8.53. The Hall–Kier alpha value is -1.77. The zero-order valence-electron chi connectivity index (χ0n) is 43.5. The van der Waals surface area contributed by atoms with Crippen LogP contribution in [0.2, 0.25) is 0 Å². The summed E-state index contributed by atoms with van der Waals surface area (Å²) in [5.41, 5.74) is 0. The normalized spacial score (nSPS) is 14.1. The van der Waals surface area contributed by atoms with E-state index in [0.717, 1.165) is 77.0 Å². The Kier molecular flexibility index (Phi) is 44.7. The number of phosphoric acid groups is 1. The Balaban J connectivity index is 5.34. The molecule has 3 unspecified atom stereocenters. The van der Waals surface area contributed by atoms with Crippen LogP contribution in [0.5, 0.6) is 0 Å². The number of phosphoric ester groups is 1. The third-order valence-corrected chi connectivity index (χ3v) is 13.1. The van der Waals surface area contributed by atoms with E-state index in [1.807, 2.05) is 33.3 Å². The number of hydrogen-bond donors (Lipinski definition) is 2. The maximum atomic E-state index is 13.4. The minimum absolute atomic E-state index is 0.0402. The van der Waals surface area contributed by atoms with Gasteiger partial charge in [0.15, 0.2) is 0 Å². The number of allylic oxidation sites excluding steroid dienone is 5. The summed E-state index contributed by atoms with van der Waals surface area (Å²) in [7, 11) is 1.49. The van der Waals surface area contributed by atoms with Crippen molar-refractivity contribution in [2.45, 2.75) is 264 Å². The van der Waals surface area contributed by atoms with Crippen molar-refractivity contribution >= 4 is 19.7 Å².